The smallest absolute Gasteiger partial charge is 0.211 e. The van der Waals surface area contributed by atoms with Crippen LogP contribution in [-0.2, 0) is 0 Å². The Morgan fingerprint density at radius 3 is 3.00 bits per heavy atom. The summed E-state index contributed by atoms with van der Waals surface area (Å²) in [6.07, 6.45) is 3.67. The van der Waals surface area contributed by atoms with Crippen molar-refractivity contribution in [3.8, 4) is 11.3 Å². The van der Waals surface area contributed by atoms with Crippen molar-refractivity contribution < 1.29 is 8.81 Å². The van der Waals surface area contributed by atoms with E-state index in [1.807, 2.05) is 0 Å². The Morgan fingerprint density at radius 2 is 2.24 bits per heavy atom. The molecule has 2 heterocycles. The fourth-order valence-electron chi connectivity index (χ4n) is 2.14. The average molecular weight is 232 g/mol. The van der Waals surface area contributed by atoms with Crippen molar-refractivity contribution in [2.75, 3.05) is 6.54 Å². The Bertz CT molecular complexity index is 518. The van der Waals surface area contributed by atoms with Gasteiger partial charge in [-0.2, -0.15) is 0 Å². The minimum atomic E-state index is -0.272. The van der Waals surface area contributed by atoms with Gasteiger partial charge in [-0.25, -0.2) is 9.37 Å². The molecule has 1 saturated heterocycles. The van der Waals surface area contributed by atoms with Gasteiger partial charge in [0.25, 0.3) is 0 Å². The highest BCUT2D eigenvalue weighted by Gasteiger charge is 2.21. The van der Waals surface area contributed by atoms with Crippen molar-refractivity contribution in [2.45, 2.75) is 18.9 Å². The predicted octanol–water partition coefficient (Wildman–Crippen LogP) is 2.91. The second-order valence-corrected chi connectivity index (χ2v) is 4.20. The van der Waals surface area contributed by atoms with E-state index in [1.54, 1.807) is 18.2 Å². The molecule has 1 aromatic heterocycles. The van der Waals surface area contributed by atoms with Gasteiger partial charge in [0.2, 0.25) is 5.89 Å². The van der Waals surface area contributed by atoms with Crippen molar-refractivity contribution in [1.82, 2.24) is 10.3 Å². The lowest BCUT2D eigenvalue weighted by atomic mass is 10.1. The number of nitrogens with one attached hydrogen (secondary N) is 1. The number of hydrogen-bond donors (Lipinski definition) is 1. The second kappa shape index (κ2) is 4.30. The molecular weight excluding hydrogens is 219 g/mol. The molecule has 0 amide bonds. The molecule has 0 spiro atoms. The first-order chi connectivity index (χ1) is 8.34. The van der Waals surface area contributed by atoms with Gasteiger partial charge < -0.3 is 9.73 Å². The van der Waals surface area contributed by atoms with E-state index >= 15 is 0 Å². The van der Waals surface area contributed by atoms with Crippen LogP contribution in [0.2, 0.25) is 0 Å². The molecule has 0 aliphatic carbocycles. The van der Waals surface area contributed by atoms with Crippen LogP contribution in [0.1, 0.15) is 24.8 Å². The Labute approximate surface area is 98.7 Å². The van der Waals surface area contributed by atoms with Gasteiger partial charge in [0.05, 0.1) is 6.04 Å². The molecule has 17 heavy (non-hydrogen) atoms. The molecule has 0 saturated carbocycles. The maximum absolute atomic E-state index is 13.6. The molecule has 3 nitrogen and oxygen atoms in total. The lowest BCUT2D eigenvalue weighted by Gasteiger charge is -2.03. The quantitative estimate of drug-likeness (QED) is 0.865. The molecule has 0 bridgehead atoms. The number of halogens is 1. The number of hydrogen-bond acceptors (Lipinski definition) is 3. The molecule has 1 aromatic carbocycles. The topological polar surface area (TPSA) is 38.1 Å². The first-order valence-electron chi connectivity index (χ1n) is 5.78. The molecule has 1 unspecified atom stereocenters. The van der Waals surface area contributed by atoms with E-state index in [4.69, 9.17) is 4.42 Å². The molecule has 1 aliphatic rings. The molecule has 1 aliphatic heterocycles. The van der Waals surface area contributed by atoms with Gasteiger partial charge in [0.15, 0.2) is 0 Å². The molecule has 1 N–H and O–H groups in total. The van der Waals surface area contributed by atoms with E-state index in [2.05, 4.69) is 10.3 Å². The summed E-state index contributed by atoms with van der Waals surface area (Å²) in [4.78, 5) is 4.35. The van der Waals surface area contributed by atoms with E-state index in [9.17, 15) is 4.39 Å². The van der Waals surface area contributed by atoms with Gasteiger partial charge in [0.1, 0.15) is 17.8 Å². The largest absolute Gasteiger partial charge is 0.447 e. The van der Waals surface area contributed by atoms with Crippen molar-refractivity contribution in [1.29, 1.82) is 0 Å². The zero-order valence-electron chi connectivity index (χ0n) is 9.32. The molecular formula is C13H13FN2O. The number of rotatable bonds is 2. The molecule has 3 rings (SSSR count). The fraction of sp³-hybridized carbons (Fsp3) is 0.308. The highest BCUT2D eigenvalue weighted by molar-refractivity contribution is 5.58. The van der Waals surface area contributed by atoms with Crippen LogP contribution in [0, 0.1) is 5.82 Å². The fourth-order valence-corrected chi connectivity index (χ4v) is 2.14. The Kier molecular flexibility index (Phi) is 2.65. The molecule has 2 aromatic rings. The summed E-state index contributed by atoms with van der Waals surface area (Å²) >= 11 is 0. The summed E-state index contributed by atoms with van der Waals surface area (Å²) in [6, 6.07) is 6.77. The lowest BCUT2D eigenvalue weighted by molar-refractivity contribution is 0.429. The van der Waals surface area contributed by atoms with Gasteiger partial charge in [-0.05, 0) is 31.5 Å². The molecule has 0 radical (unpaired) electrons. The van der Waals surface area contributed by atoms with Gasteiger partial charge in [-0.15, -0.1) is 0 Å². The summed E-state index contributed by atoms with van der Waals surface area (Å²) in [7, 11) is 0. The van der Waals surface area contributed by atoms with Gasteiger partial charge in [0, 0.05) is 5.56 Å². The van der Waals surface area contributed by atoms with Crippen LogP contribution in [0.25, 0.3) is 11.3 Å². The second-order valence-electron chi connectivity index (χ2n) is 4.20. The molecule has 1 fully saturated rings. The zero-order valence-corrected chi connectivity index (χ0v) is 9.32. The van der Waals surface area contributed by atoms with Gasteiger partial charge in [-0.1, -0.05) is 12.1 Å². The highest BCUT2D eigenvalue weighted by atomic mass is 19.1. The van der Waals surface area contributed by atoms with Gasteiger partial charge in [-0.3, -0.25) is 0 Å². The summed E-state index contributed by atoms with van der Waals surface area (Å²) in [5, 5.41) is 3.30. The Hall–Kier alpha value is -1.68. The monoisotopic (exact) mass is 232 g/mol. The van der Waals surface area contributed by atoms with Crippen LogP contribution in [0.15, 0.2) is 34.9 Å². The number of nitrogens with zero attached hydrogens (tertiary/aromatic N) is 1. The van der Waals surface area contributed by atoms with Crippen molar-refractivity contribution >= 4 is 0 Å². The predicted molar refractivity (Wildman–Crippen MR) is 61.9 cm³/mol. The number of benzene rings is 1. The minimum absolute atomic E-state index is 0.176. The molecule has 4 heteroatoms. The lowest BCUT2D eigenvalue weighted by Crippen LogP contribution is -2.12. The van der Waals surface area contributed by atoms with E-state index < -0.39 is 0 Å². The van der Waals surface area contributed by atoms with Crippen LogP contribution >= 0.6 is 0 Å². The standard InChI is InChI=1S/C13H13FN2O/c14-10-5-2-1-4-9(10)12-8-17-13(16-12)11-6-3-7-15-11/h1-2,4-5,8,11,15H,3,6-7H2. The van der Waals surface area contributed by atoms with Crippen LogP contribution in [0.3, 0.4) is 0 Å². The third kappa shape index (κ3) is 1.96. The third-order valence-electron chi connectivity index (χ3n) is 3.03. The van der Waals surface area contributed by atoms with Crippen molar-refractivity contribution in [2.24, 2.45) is 0 Å². The zero-order chi connectivity index (χ0) is 11.7. The Morgan fingerprint density at radius 1 is 1.35 bits per heavy atom. The average Bonchev–Trinajstić information content (AvgIpc) is 3.00. The Balaban J connectivity index is 1.92. The number of oxazole rings is 1. The normalized spacial score (nSPS) is 19.7. The van der Waals surface area contributed by atoms with Crippen LogP contribution in [-0.4, -0.2) is 11.5 Å². The van der Waals surface area contributed by atoms with Gasteiger partial charge >= 0.3 is 0 Å². The highest BCUT2D eigenvalue weighted by Crippen LogP contribution is 2.27. The van der Waals surface area contributed by atoms with E-state index in [0.29, 0.717) is 17.1 Å². The van der Waals surface area contributed by atoms with Crippen LogP contribution in [0.5, 0.6) is 0 Å². The summed E-state index contributed by atoms with van der Waals surface area (Å²) in [6.45, 7) is 0.988. The first kappa shape index (κ1) is 10.5. The van der Waals surface area contributed by atoms with E-state index in [1.165, 1.54) is 12.3 Å². The maximum atomic E-state index is 13.6. The summed E-state index contributed by atoms with van der Waals surface area (Å²) in [5.41, 5.74) is 1.05. The van der Waals surface area contributed by atoms with Crippen LogP contribution in [0.4, 0.5) is 4.39 Å². The van der Waals surface area contributed by atoms with E-state index in [-0.39, 0.29) is 11.9 Å². The molecule has 1 atom stereocenters. The van der Waals surface area contributed by atoms with Crippen LogP contribution < -0.4 is 5.32 Å². The SMILES string of the molecule is Fc1ccccc1-c1coc(C2CCCN2)n1. The summed E-state index contributed by atoms with van der Waals surface area (Å²) < 4.78 is 19.0. The van der Waals surface area contributed by atoms with Crippen molar-refractivity contribution in [3.05, 3.63) is 42.2 Å². The van der Waals surface area contributed by atoms with E-state index in [0.717, 1.165) is 19.4 Å². The summed E-state index contributed by atoms with van der Waals surface area (Å²) in [5.74, 6) is 0.382. The molecule has 88 valence electrons. The minimum Gasteiger partial charge on any atom is -0.447 e. The first-order valence-corrected chi connectivity index (χ1v) is 5.78. The number of aromatic nitrogens is 1. The third-order valence-corrected chi connectivity index (χ3v) is 3.03. The maximum Gasteiger partial charge on any atom is 0.211 e. The van der Waals surface area contributed by atoms with Crippen molar-refractivity contribution in [3.63, 3.8) is 0 Å².